The van der Waals surface area contributed by atoms with Crippen molar-refractivity contribution in [2.24, 2.45) is 5.73 Å². The van der Waals surface area contributed by atoms with Gasteiger partial charge in [0.05, 0.1) is 4.34 Å². The molecule has 1 aromatic heterocycles. The van der Waals surface area contributed by atoms with Crippen LogP contribution in [0.2, 0.25) is 8.67 Å². The number of rotatable bonds is 6. The van der Waals surface area contributed by atoms with Crippen LogP contribution in [-0.2, 0) is 4.74 Å². The molecular weight excluding hydrogens is 269 g/mol. The molecule has 0 aliphatic heterocycles. The van der Waals surface area contributed by atoms with Crippen molar-refractivity contribution < 1.29 is 9.53 Å². The van der Waals surface area contributed by atoms with Crippen LogP contribution < -0.4 is 5.73 Å². The van der Waals surface area contributed by atoms with Crippen molar-refractivity contribution in [1.29, 1.82) is 0 Å². The lowest BCUT2D eigenvalue weighted by atomic mass is 10.1. The van der Waals surface area contributed by atoms with Crippen molar-refractivity contribution in [3.8, 4) is 0 Å². The zero-order chi connectivity index (χ0) is 12.1. The normalized spacial score (nSPS) is 12.8. The number of hydrogen-bond donors (Lipinski definition) is 1. The Kier molecular flexibility index (Phi) is 5.72. The monoisotopic (exact) mass is 281 g/mol. The molecule has 0 saturated carbocycles. The smallest absolute Gasteiger partial charge is 0.166 e. The number of carbonyl (C=O) groups excluding carboxylic acids is 1. The second-order valence-corrected chi connectivity index (χ2v) is 5.69. The second kappa shape index (κ2) is 6.57. The van der Waals surface area contributed by atoms with Gasteiger partial charge in [0, 0.05) is 31.7 Å². The summed E-state index contributed by atoms with van der Waals surface area (Å²) in [4.78, 5) is 11.8. The van der Waals surface area contributed by atoms with Crippen LogP contribution in [0.15, 0.2) is 6.07 Å². The fourth-order valence-electron chi connectivity index (χ4n) is 1.25. The highest BCUT2D eigenvalue weighted by molar-refractivity contribution is 7.20. The van der Waals surface area contributed by atoms with E-state index in [0.29, 0.717) is 27.3 Å². The molecule has 0 aliphatic rings. The third kappa shape index (κ3) is 4.03. The highest BCUT2D eigenvalue weighted by Crippen LogP contribution is 2.32. The number of hydrogen-bond acceptors (Lipinski definition) is 4. The summed E-state index contributed by atoms with van der Waals surface area (Å²) in [5.41, 5.74) is 6.24. The highest BCUT2D eigenvalue weighted by atomic mass is 35.5. The van der Waals surface area contributed by atoms with Gasteiger partial charge in [-0.15, -0.1) is 11.3 Å². The van der Waals surface area contributed by atoms with E-state index in [9.17, 15) is 4.79 Å². The number of methoxy groups -OCH3 is 1. The van der Waals surface area contributed by atoms with Gasteiger partial charge in [-0.2, -0.15) is 0 Å². The number of Topliss-reactive ketones (excluding diaryl/α,β-unsaturated/α-hetero) is 1. The van der Waals surface area contributed by atoms with Crippen molar-refractivity contribution in [3.63, 3.8) is 0 Å². The largest absolute Gasteiger partial charge is 0.385 e. The maximum Gasteiger partial charge on any atom is 0.166 e. The Bertz CT molecular complexity index is 368. The van der Waals surface area contributed by atoms with E-state index in [1.165, 1.54) is 11.3 Å². The lowest BCUT2D eigenvalue weighted by Gasteiger charge is -2.09. The van der Waals surface area contributed by atoms with Gasteiger partial charge < -0.3 is 10.5 Å². The van der Waals surface area contributed by atoms with E-state index >= 15 is 0 Å². The predicted molar refractivity (Wildman–Crippen MR) is 67.8 cm³/mol. The molecule has 3 nitrogen and oxygen atoms in total. The number of ether oxygens (including phenoxy) is 1. The number of halogens is 2. The van der Waals surface area contributed by atoms with Crippen molar-refractivity contribution in [2.45, 2.75) is 18.9 Å². The minimum absolute atomic E-state index is 0.0725. The standard InChI is InChI=1S/C10H13Cl2NO2S/c1-15-3-2-6(13)4-8(14)7-5-9(11)16-10(7)12/h5-6H,2-4,13H2,1H3. The third-order valence-electron chi connectivity index (χ3n) is 2.10. The van der Waals surface area contributed by atoms with E-state index in [2.05, 4.69) is 0 Å². The maximum absolute atomic E-state index is 11.8. The molecular formula is C10H13Cl2NO2S. The zero-order valence-electron chi connectivity index (χ0n) is 8.83. The highest BCUT2D eigenvalue weighted by Gasteiger charge is 2.16. The summed E-state index contributed by atoms with van der Waals surface area (Å²) in [5.74, 6) is -0.0725. The average molecular weight is 282 g/mol. The molecule has 16 heavy (non-hydrogen) atoms. The fourth-order valence-corrected chi connectivity index (χ4v) is 2.75. The molecule has 0 saturated heterocycles. The van der Waals surface area contributed by atoms with Crippen LogP contribution in [0.3, 0.4) is 0 Å². The first-order valence-electron chi connectivity index (χ1n) is 4.77. The molecule has 90 valence electrons. The molecule has 1 aromatic rings. The SMILES string of the molecule is COCCC(N)CC(=O)c1cc(Cl)sc1Cl. The van der Waals surface area contributed by atoms with Gasteiger partial charge in [-0.3, -0.25) is 4.79 Å². The number of nitrogens with two attached hydrogens (primary N) is 1. The van der Waals surface area contributed by atoms with Crippen molar-refractivity contribution in [3.05, 3.63) is 20.3 Å². The van der Waals surface area contributed by atoms with Crippen LogP contribution in [-0.4, -0.2) is 25.5 Å². The van der Waals surface area contributed by atoms with E-state index in [4.69, 9.17) is 33.7 Å². The van der Waals surface area contributed by atoms with Gasteiger partial charge in [0.25, 0.3) is 0 Å². The summed E-state index contributed by atoms with van der Waals surface area (Å²) in [7, 11) is 1.60. The molecule has 0 aromatic carbocycles. The summed E-state index contributed by atoms with van der Waals surface area (Å²) < 4.78 is 5.83. The molecule has 1 heterocycles. The zero-order valence-corrected chi connectivity index (χ0v) is 11.2. The molecule has 0 aliphatic carbocycles. The van der Waals surface area contributed by atoms with E-state index < -0.39 is 0 Å². The Morgan fingerprint density at radius 2 is 2.31 bits per heavy atom. The Morgan fingerprint density at radius 3 is 2.81 bits per heavy atom. The van der Waals surface area contributed by atoms with Gasteiger partial charge in [0.1, 0.15) is 4.34 Å². The van der Waals surface area contributed by atoms with Crippen LogP contribution in [0, 0.1) is 0 Å². The quantitative estimate of drug-likeness (QED) is 0.816. The molecule has 2 N–H and O–H groups in total. The Labute approximate surface area is 108 Å². The van der Waals surface area contributed by atoms with Crippen LogP contribution >= 0.6 is 34.5 Å². The van der Waals surface area contributed by atoms with E-state index in [-0.39, 0.29) is 18.2 Å². The number of carbonyl (C=O) groups is 1. The van der Waals surface area contributed by atoms with Crippen LogP contribution in [0.1, 0.15) is 23.2 Å². The van der Waals surface area contributed by atoms with Crippen molar-refractivity contribution in [2.75, 3.05) is 13.7 Å². The van der Waals surface area contributed by atoms with E-state index in [0.717, 1.165) is 0 Å². The summed E-state index contributed by atoms with van der Waals surface area (Å²) >= 11 is 12.8. The summed E-state index contributed by atoms with van der Waals surface area (Å²) in [6.07, 6.45) is 0.911. The fraction of sp³-hybridized carbons (Fsp3) is 0.500. The van der Waals surface area contributed by atoms with Gasteiger partial charge in [-0.05, 0) is 12.5 Å². The van der Waals surface area contributed by atoms with Gasteiger partial charge in [0.15, 0.2) is 5.78 Å². The summed E-state index contributed by atoms with van der Waals surface area (Å²) in [6, 6.07) is 1.38. The molecule has 1 rings (SSSR count). The molecule has 0 radical (unpaired) electrons. The lowest BCUT2D eigenvalue weighted by Crippen LogP contribution is -2.25. The van der Waals surface area contributed by atoms with Crippen molar-refractivity contribution >= 4 is 40.3 Å². The maximum atomic E-state index is 11.8. The summed E-state index contributed by atoms with van der Waals surface area (Å²) in [5, 5.41) is 0. The first-order chi connectivity index (χ1) is 7.54. The molecule has 1 atom stereocenters. The third-order valence-corrected chi connectivity index (χ3v) is 3.59. The lowest BCUT2D eigenvalue weighted by molar-refractivity contribution is 0.0967. The second-order valence-electron chi connectivity index (χ2n) is 3.41. The Morgan fingerprint density at radius 1 is 1.62 bits per heavy atom. The number of thiophene rings is 1. The number of ketones is 1. The first kappa shape index (κ1) is 13.9. The van der Waals surface area contributed by atoms with Crippen LogP contribution in [0.25, 0.3) is 0 Å². The molecule has 1 unspecified atom stereocenters. The topological polar surface area (TPSA) is 52.3 Å². The Hall–Kier alpha value is -0.130. The van der Waals surface area contributed by atoms with Crippen molar-refractivity contribution in [1.82, 2.24) is 0 Å². The van der Waals surface area contributed by atoms with Gasteiger partial charge in [-0.25, -0.2) is 0 Å². The van der Waals surface area contributed by atoms with E-state index in [1.807, 2.05) is 0 Å². The first-order valence-corrected chi connectivity index (χ1v) is 6.34. The molecule has 0 spiro atoms. The average Bonchev–Trinajstić information content (AvgIpc) is 2.54. The molecule has 0 amide bonds. The minimum atomic E-state index is -0.206. The van der Waals surface area contributed by atoms with Crippen LogP contribution in [0.4, 0.5) is 0 Å². The van der Waals surface area contributed by atoms with E-state index in [1.54, 1.807) is 13.2 Å². The van der Waals surface area contributed by atoms with Gasteiger partial charge in [0.2, 0.25) is 0 Å². The summed E-state index contributed by atoms with van der Waals surface area (Å²) in [6.45, 7) is 0.548. The molecule has 0 fully saturated rings. The van der Waals surface area contributed by atoms with Gasteiger partial charge in [-0.1, -0.05) is 23.2 Å². The molecule has 6 heteroatoms. The minimum Gasteiger partial charge on any atom is -0.385 e. The van der Waals surface area contributed by atoms with Crippen LogP contribution in [0.5, 0.6) is 0 Å². The molecule has 0 bridgehead atoms. The van der Waals surface area contributed by atoms with Gasteiger partial charge >= 0.3 is 0 Å². The Balaban J connectivity index is 2.55. The predicted octanol–water partition coefficient (Wildman–Crippen LogP) is 2.99.